The van der Waals surface area contributed by atoms with Crippen LogP contribution in [0.25, 0.3) is 0 Å². The number of rotatable bonds is 7. The number of anilines is 2. The molecule has 3 aromatic rings. The third kappa shape index (κ3) is 6.49. The maximum absolute atomic E-state index is 12.8. The van der Waals surface area contributed by atoms with Crippen LogP contribution in [-0.2, 0) is 17.7 Å². The summed E-state index contributed by atoms with van der Waals surface area (Å²) in [7, 11) is 1.36. The standard InChI is InChI=1S/C29H30N4O3/c1-36-28(34)25-13-6-14-27(32-29(35)31-24-12-5-10-22(17-24)18-30)26(25)20-33-15-7-11-23(19-33)16-21-8-3-2-4-9-21/h2-6,8-10,12-14,17,23H,7,11,15-16,19-20H2,1H3,(H2,31,32,35). The Bertz CT molecular complexity index is 1250. The molecule has 1 saturated heterocycles. The second-order valence-electron chi connectivity index (χ2n) is 9.03. The van der Waals surface area contributed by atoms with Gasteiger partial charge in [-0.25, -0.2) is 9.59 Å². The summed E-state index contributed by atoms with van der Waals surface area (Å²) < 4.78 is 5.03. The maximum atomic E-state index is 12.8. The van der Waals surface area contributed by atoms with Crippen LogP contribution in [-0.4, -0.2) is 37.1 Å². The highest BCUT2D eigenvalue weighted by molar-refractivity contribution is 6.02. The molecule has 4 rings (SSSR count). The van der Waals surface area contributed by atoms with Crippen LogP contribution in [0.15, 0.2) is 72.8 Å². The van der Waals surface area contributed by atoms with Crippen molar-refractivity contribution < 1.29 is 14.3 Å². The molecule has 0 saturated carbocycles. The first kappa shape index (κ1) is 25.0. The van der Waals surface area contributed by atoms with E-state index < -0.39 is 12.0 Å². The van der Waals surface area contributed by atoms with E-state index in [2.05, 4.69) is 45.9 Å². The van der Waals surface area contributed by atoms with Gasteiger partial charge < -0.3 is 15.4 Å². The zero-order valence-electron chi connectivity index (χ0n) is 20.4. The Morgan fingerprint density at radius 3 is 2.64 bits per heavy atom. The van der Waals surface area contributed by atoms with Gasteiger partial charge in [-0.05, 0) is 67.6 Å². The molecule has 0 bridgehead atoms. The predicted octanol–water partition coefficient (Wildman–Crippen LogP) is 5.44. The largest absolute Gasteiger partial charge is 0.465 e. The average molecular weight is 483 g/mol. The minimum absolute atomic E-state index is 0.436. The highest BCUT2D eigenvalue weighted by Crippen LogP contribution is 2.27. The zero-order chi connectivity index (χ0) is 25.3. The molecule has 36 heavy (non-hydrogen) atoms. The van der Waals surface area contributed by atoms with Gasteiger partial charge >= 0.3 is 12.0 Å². The van der Waals surface area contributed by atoms with E-state index in [1.807, 2.05) is 6.07 Å². The number of nitriles is 1. The molecular weight excluding hydrogens is 452 g/mol. The number of benzene rings is 3. The van der Waals surface area contributed by atoms with Crippen molar-refractivity contribution in [1.29, 1.82) is 5.26 Å². The van der Waals surface area contributed by atoms with Gasteiger partial charge in [0.05, 0.1) is 24.3 Å². The van der Waals surface area contributed by atoms with E-state index >= 15 is 0 Å². The quantitative estimate of drug-likeness (QED) is 0.437. The molecule has 1 unspecified atom stereocenters. The Labute approximate surface area is 211 Å². The molecule has 1 heterocycles. The summed E-state index contributed by atoms with van der Waals surface area (Å²) in [6, 6.07) is 24.1. The molecule has 0 aromatic heterocycles. The number of nitrogens with zero attached hydrogens (tertiary/aromatic N) is 2. The lowest BCUT2D eigenvalue weighted by atomic mass is 9.91. The lowest BCUT2D eigenvalue weighted by Gasteiger charge is -2.33. The third-order valence-electron chi connectivity index (χ3n) is 6.43. The lowest BCUT2D eigenvalue weighted by Crippen LogP contribution is -2.36. The molecular formula is C29H30N4O3. The molecule has 2 N–H and O–H groups in total. The van der Waals surface area contributed by atoms with E-state index in [0.29, 0.717) is 35.0 Å². The molecule has 1 atom stereocenters. The van der Waals surface area contributed by atoms with Crippen LogP contribution in [0.4, 0.5) is 16.2 Å². The number of esters is 1. The second kappa shape index (κ2) is 12.0. The highest BCUT2D eigenvalue weighted by atomic mass is 16.5. The number of piperidine rings is 1. The summed E-state index contributed by atoms with van der Waals surface area (Å²) in [6.07, 6.45) is 3.26. The summed E-state index contributed by atoms with van der Waals surface area (Å²) in [6.45, 7) is 2.36. The van der Waals surface area contributed by atoms with E-state index in [-0.39, 0.29) is 0 Å². The zero-order valence-corrected chi connectivity index (χ0v) is 20.4. The van der Waals surface area contributed by atoms with E-state index in [9.17, 15) is 9.59 Å². The van der Waals surface area contributed by atoms with Gasteiger partial charge in [-0.15, -0.1) is 0 Å². The van der Waals surface area contributed by atoms with Crippen LogP contribution in [0.5, 0.6) is 0 Å². The van der Waals surface area contributed by atoms with Gasteiger partial charge in [0.25, 0.3) is 0 Å². The molecule has 0 aliphatic carbocycles. The molecule has 0 spiro atoms. The monoisotopic (exact) mass is 482 g/mol. The molecule has 0 radical (unpaired) electrons. The van der Waals surface area contributed by atoms with Crippen molar-refractivity contribution in [1.82, 2.24) is 4.90 Å². The number of nitrogens with one attached hydrogen (secondary N) is 2. The van der Waals surface area contributed by atoms with Gasteiger partial charge in [-0.1, -0.05) is 42.5 Å². The fourth-order valence-corrected chi connectivity index (χ4v) is 4.76. The fourth-order valence-electron chi connectivity index (χ4n) is 4.76. The van der Waals surface area contributed by atoms with E-state index in [1.54, 1.807) is 42.5 Å². The molecule has 1 aliphatic rings. The van der Waals surface area contributed by atoms with E-state index in [4.69, 9.17) is 10.00 Å². The SMILES string of the molecule is COC(=O)c1cccc(NC(=O)Nc2cccc(C#N)c2)c1CN1CCCC(Cc2ccccc2)C1. The first-order chi connectivity index (χ1) is 17.6. The Morgan fingerprint density at radius 2 is 1.86 bits per heavy atom. The average Bonchev–Trinajstić information content (AvgIpc) is 2.90. The van der Waals surface area contributed by atoms with Crippen molar-refractivity contribution in [3.8, 4) is 6.07 Å². The smallest absolute Gasteiger partial charge is 0.338 e. The van der Waals surface area contributed by atoms with Crippen LogP contribution in [0, 0.1) is 17.2 Å². The maximum Gasteiger partial charge on any atom is 0.338 e. The van der Waals surface area contributed by atoms with Crippen molar-refractivity contribution in [2.75, 3.05) is 30.8 Å². The topological polar surface area (TPSA) is 94.5 Å². The van der Waals surface area contributed by atoms with Crippen LogP contribution < -0.4 is 10.6 Å². The summed E-state index contributed by atoms with van der Waals surface area (Å²) in [4.78, 5) is 27.7. The molecule has 3 aromatic carbocycles. The normalized spacial score (nSPS) is 15.5. The molecule has 2 amide bonds. The van der Waals surface area contributed by atoms with Crippen molar-refractivity contribution in [2.45, 2.75) is 25.8 Å². The van der Waals surface area contributed by atoms with Crippen LogP contribution in [0.3, 0.4) is 0 Å². The fraction of sp³-hybridized carbons (Fsp3) is 0.276. The van der Waals surface area contributed by atoms with E-state index in [0.717, 1.165) is 31.5 Å². The van der Waals surface area contributed by atoms with Gasteiger partial charge in [0.1, 0.15) is 0 Å². The Morgan fingerprint density at radius 1 is 1.06 bits per heavy atom. The molecule has 7 nitrogen and oxygen atoms in total. The predicted molar refractivity (Wildman–Crippen MR) is 140 cm³/mol. The lowest BCUT2D eigenvalue weighted by molar-refractivity contribution is 0.0597. The molecule has 1 fully saturated rings. The number of urea groups is 1. The number of likely N-dealkylation sites (tertiary alicyclic amines) is 1. The van der Waals surface area contributed by atoms with Gasteiger partial charge in [-0.2, -0.15) is 5.26 Å². The van der Waals surface area contributed by atoms with Gasteiger partial charge in [-0.3, -0.25) is 4.90 Å². The van der Waals surface area contributed by atoms with Gasteiger partial charge in [0.2, 0.25) is 0 Å². The number of amides is 2. The van der Waals surface area contributed by atoms with Crippen LogP contribution in [0.2, 0.25) is 0 Å². The second-order valence-corrected chi connectivity index (χ2v) is 9.03. The van der Waals surface area contributed by atoms with E-state index in [1.165, 1.54) is 19.1 Å². The molecule has 184 valence electrons. The number of ether oxygens (including phenoxy) is 1. The first-order valence-corrected chi connectivity index (χ1v) is 12.1. The summed E-state index contributed by atoms with van der Waals surface area (Å²) in [5, 5.41) is 14.8. The number of carbonyl (C=O) groups is 2. The third-order valence-corrected chi connectivity index (χ3v) is 6.43. The highest BCUT2D eigenvalue weighted by Gasteiger charge is 2.24. The van der Waals surface area contributed by atoms with Crippen molar-refractivity contribution in [3.05, 3.63) is 95.1 Å². The minimum Gasteiger partial charge on any atom is -0.465 e. The van der Waals surface area contributed by atoms with Gasteiger partial charge in [0.15, 0.2) is 0 Å². The number of hydrogen-bond acceptors (Lipinski definition) is 5. The van der Waals surface area contributed by atoms with Crippen molar-refractivity contribution >= 4 is 23.4 Å². The summed E-state index contributed by atoms with van der Waals surface area (Å²) >= 11 is 0. The van der Waals surface area contributed by atoms with Gasteiger partial charge in [0, 0.05) is 30.0 Å². The summed E-state index contributed by atoms with van der Waals surface area (Å²) in [5.74, 6) is 0.0900. The van der Waals surface area contributed by atoms with Crippen molar-refractivity contribution in [2.24, 2.45) is 5.92 Å². The number of carbonyl (C=O) groups excluding carboxylic acids is 2. The summed E-state index contributed by atoms with van der Waals surface area (Å²) in [5.41, 5.74) is 4.02. The Kier molecular flexibility index (Phi) is 8.32. The van der Waals surface area contributed by atoms with Crippen molar-refractivity contribution in [3.63, 3.8) is 0 Å². The van der Waals surface area contributed by atoms with Crippen LogP contribution in [0.1, 0.15) is 39.9 Å². The minimum atomic E-state index is -0.450. The van der Waals surface area contributed by atoms with Crippen LogP contribution >= 0.6 is 0 Å². The Hall–Kier alpha value is -4.15. The molecule has 1 aliphatic heterocycles. The number of methoxy groups -OCH3 is 1. The number of hydrogen-bond donors (Lipinski definition) is 2. The Balaban J connectivity index is 1.51. The first-order valence-electron chi connectivity index (χ1n) is 12.1. The molecule has 7 heteroatoms.